The van der Waals surface area contributed by atoms with Gasteiger partial charge in [-0.15, -0.1) is 0 Å². The first-order valence-electron chi connectivity index (χ1n) is 6.59. The molecule has 0 atom stereocenters. The number of aromatic nitrogens is 1. The van der Waals surface area contributed by atoms with Crippen LogP contribution < -0.4 is 0 Å². The molecule has 0 spiro atoms. The largest absolute Gasteiger partial charge is 0.377 e. The summed E-state index contributed by atoms with van der Waals surface area (Å²) in [5.41, 5.74) is 1.70. The Morgan fingerprint density at radius 3 is 2.84 bits per heavy atom. The predicted molar refractivity (Wildman–Crippen MR) is 77.6 cm³/mol. The molecule has 1 saturated heterocycles. The van der Waals surface area contributed by atoms with E-state index in [1.807, 2.05) is 17.9 Å². The Morgan fingerprint density at radius 1 is 1.47 bits per heavy atom. The number of aryl methyl sites for hydroxylation is 1. The van der Waals surface area contributed by atoms with Gasteiger partial charge in [-0.25, -0.2) is 0 Å². The Labute approximate surface area is 122 Å². The average Bonchev–Trinajstić information content (AvgIpc) is 2.45. The van der Waals surface area contributed by atoms with Crippen molar-refractivity contribution >= 4 is 21.8 Å². The van der Waals surface area contributed by atoms with Gasteiger partial charge in [-0.3, -0.25) is 9.78 Å². The van der Waals surface area contributed by atoms with Gasteiger partial charge in [0, 0.05) is 30.8 Å². The molecule has 1 aliphatic heterocycles. The average molecular weight is 327 g/mol. The van der Waals surface area contributed by atoms with Crippen molar-refractivity contribution in [3.05, 3.63) is 29.6 Å². The third kappa shape index (κ3) is 4.01. The second-order valence-corrected chi connectivity index (χ2v) is 5.60. The van der Waals surface area contributed by atoms with E-state index in [-0.39, 0.29) is 12.0 Å². The van der Waals surface area contributed by atoms with Crippen molar-refractivity contribution in [3.8, 4) is 0 Å². The Kier molecular flexibility index (Phi) is 5.34. The van der Waals surface area contributed by atoms with Gasteiger partial charge < -0.3 is 9.64 Å². The van der Waals surface area contributed by atoms with E-state index in [1.165, 1.54) is 0 Å². The fourth-order valence-electron chi connectivity index (χ4n) is 2.29. The van der Waals surface area contributed by atoms with Crippen LogP contribution in [0.4, 0.5) is 0 Å². The topological polar surface area (TPSA) is 42.4 Å². The predicted octanol–water partition coefficient (Wildman–Crippen LogP) is 2.41. The first kappa shape index (κ1) is 14.5. The quantitative estimate of drug-likeness (QED) is 0.798. The number of carbonyl (C=O) groups is 1. The Morgan fingerprint density at radius 2 is 2.21 bits per heavy atom. The number of likely N-dealkylation sites (tertiary alicyclic amines) is 1. The maximum Gasteiger partial charge on any atom is 0.255 e. The number of halogens is 1. The summed E-state index contributed by atoms with van der Waals surface area (Å²) in [7, 11) is 0. The van der Waals surface area contributed by atoms with E-state index < -0.39 is 0 Å². The molecule has 104 valence electrons. The lowest BCUT2D eigenvalue weighted by Gasteiger charge is -2.31. The van der Waals surface area contributed by atoms with Gasteiger partial charge in [0.25, 0.3) is 5.91 Å². The highest BCUT2D eigenvalue weighted by Crippen LogP contribution is 2.16. The van der Waals surface area contributed by atoms with Crippen molar-refractivity contribution in [1.29, 1.82) is 0 Å². The smallest absolute Gasteiger partial charge is 0.255 e. The van der Waals surface area contributed by atoms with Gasteiger partial charge in [0.05, 0.1) is 18.3 Å². The number of pyridine rings is 1. The van der Waals surface area contributed by atoms with Crippen LogP contribution in [-0.2, 0) is 4.74 Å². The molecule has 1 aromatic rings. The van der Waals surface area contributed by atoms with Crippen molar-refractivity contribution < 1.29 is 9.53 Å². The zero-order valence-electron chi connectivity index (χ0n) is 11.1. The fraction of sp³-hybridized carbons (Fsp3) is 0.571. The van der Waals surface area contributed by atoms with E-state index in [0.29, 0.717) is 5.56 Å². The van der Waals surface area contributed by atoms with Crippen LogP contribution in [0.25, 0.3) is 0 Å². The number of alkyl halides is 1. The molecule has 0 radical (unpaired) electrons. The standard InChI is InChI=1S/C14H19BrN2O2/c1-11-8-12(10-16-9-11)14(18)17-5-2-13(3-6-17)19-7-4-15/h8-10,13H,2-7H2,1H3. The van der Waals surface area contributed by atoms with Gasteiger partial charge in [0.15, 0.2) is 0 Å². The van der Waals surface area contributed by atoms with E-state index in [0.717, 1.165) is 43.4 Å². The zero-order valence-corrected chi connectivity index (χ0v) is 12.7. The molecule has 1 fully saturated rings. The fourth-order valence-corrected chi connectivity index (χ4v) is 2.48. The number of amides is 1. The number of nitrogens with zero attached hydrogens (tertiary/aromatic N) is 2. The number of ether oxygens (including phenoxy) is 1. The van der Waals surface area contributed by atoms with E-state index in [4.69, 9.17) is 4.74 Å². The lowest BCUT2D eigenvalue weighted by molar-refractivity contribution is 0.0160. The number of rotatable bonds is 4. The summed E-state index contributed by atoms with van der Waals surface area (Å²) in [6.07, 6.45) is 5.52. The van der Waals surface area contributed by atoms with Gasteiger partial charge in [0.2, 0.25) is 0 Å². The lowest BCUT2D eigenvalue weighted by atomic mass is 10.1. The second kappa shape index (κ2) is 7.01. The summed E-state index contributed by atoms with van der Waals surface area (Å²) in [4.78, 5) is 18.3. The highest BCUT2D eigenvalue weighted by molar-refractivity contribution is 9.09. The van der Waals surface area contributed by atoms with Gasteiger partial charge in [-0.05, 0) is 31.4 Å². The van der Waals surface area contributed by atoms with E-state index in [1.54, 1.807) is 12.4 Å². The van der Waals surface area contributed by atoms with Crippen LogP contribution in [0.2, 0.25) is 0 Å². The molecule has 2 heterocycles. The van der Waals surface area contributed by atoms with Crippen LogP contribution in [0.3, 0.4) is 0 Å². The second-order valence-electron chi connectivity index (χ2n) is 4.80. The molecule has 4 nitrogen and oxygen atoms in total. The lowest BCUT2D eigenvalue weighted by Crippen LogP contribution is -2.41. The molecule has 0 bridgehead atoms. The minimum absolute atomic E-state index is 0.0788. The van der Waals surface area contributed by atoms with Gasteiger partial charge in [0.1, 0.15) is 0 Å². The molecule has 0 aromatic carbocycles. The van der Waals surface area contributed by atoms with Crippen molar-refractivity contribution in [2.75, 3.05) is 25.0 Å². The molecule has 0 unspecified atom stereocenters. The van der Waals surface area contributed by atoms with E-state index in [2.05, 4.69) is 20.9 Å². The number of piperidine rings is 1. The maximum absolute atomic E-state index is 12.3. The van der Waals surface area contributed by atoms with Gasteiger partial charge in [-0.2, -0.15) is 0 Å². The molecule has 19 heavy (non-hydrogen) atoms. The maximum atomic E-state index is 12.3. The first-order chi connectivity index (χ1) is 9.20. The van der Waals surface area contributed by atoms with Crippen LogP contribution in [0.5, 0.6) is 0 Å². The zero-order chi connectivity index (χ0) is 13.7. The summed E-state index contributed by atoms with van der Waals surface area (Å²) < 4.78 is 5.69. The molecule has 5 heteroatoms. The Hall–Kier alpha value is -0.940. The van der Waals surface area contributed by atoms with Gasteiger partial charge in [-0.1, -0.05) is 15.9 Å². The van der Waals surface area contributed by atoms with Gasteiger partial charge >= 0.3 is 0 Å². The number of hydrogen-bond acceptors (Lipinski definition) is 3. The summed E-state index contributed by atoms with van der Waals surface area (Å²) in [5.74, 6) is 0.0788. The molecule has 1 aromatic heterocycles. The molecular formula is C14H19BrN2O2. The first-order valence-corrected chi connectivity index (χ1v) is 7.71. The molecule has 0 saturated carbocycles. The normalized spacial score (nSPS) is 16.6. The van der Waals surface area contributed by atoms with Crippen LogP contribution >= 0.6 is 15.9 Å². The molecular weight excluding hydrogens is 308 g/mol. The Balaban J connectivity index is 1.89. The van der Waals surface area contributed by atoms with Crippen molar-refractivity contribution in [1.82, 2.24) is 9.88 Å². The van der Waals surface area contributed by atoms with Crippen LogP contribution in [-0.4, -0.2) is 46.9 Å². The monoisotopic (exact) mass is 326 g/mol. The molecule has 1 amide bonds. The summed E-state index contributed by atoms with van der Waals surface area (Å²) in [6.45, 7) is 4.21. The summed E-state index contributed by atoms with van der Waals surface area (Å²) >= 11 is 3.35. The van der Waals surface area contributed by atoms with Crippen LogP contribution in [0.1, 0.15) is 28.8 Å². The number of hydrogen-bond donors (Lipinski definition) is 0. The van der Waals surface area contributed by atoms with Crippen molar-refractivity contribution in [3.63, 3.8) is 0 Å². The van der Waals surface area contributed by atoms with Crippen molar-refractivity contribution in [2.24, 2.45) is 0 Å². The third-order valence-corrected chi connectivity index (χ3v) is 3.61. The highest BCUT2D eigenvalue weighted by Gasteiger charge is 2.24. The number of carbonyl (C=O) groups excluding carboxylic acids is 1. The molecule has 0 N–H and O–H groups in total. The van der Waals surface area contributed by atoms with E-state index in [9.17, 15) is 4.79 Å². The van der Waals surface area contributed by atoms with Crippen LogP contribution in [0, 0.1) is 6.92 Å². The van der Waals surface area contributed by atoms with Crippen LogP contribution in [0.15, 0.2) is 18.5 Å². The van der Waals surface area contributed by atoms with Crippen molar-refractivity contribution in [2.45, 2.75) is 25.9 Å². The molecule has 2 rings (SSSR count). The molecule has 0 aliphatic carbocycles. The summed E-state index contributed by atoms with van der Waals surface area (Å²) in [5, 5.41) is 0.862. The molecule has 1 aliphatic rings. The minimum Gasteiger partial charge on any atom is -0.377 e. The minimum atomic E-state index is 0.0788. The highest BCUT2D eigenvalue weighted by atomic mass is 79.9. The Bertz CT molecular complexity index is 431. The third-order valence-electron chi connectivity index (χ3n) is 3.28. The van der Waals surface area contributed by atoms with E-state index >= 15 is 0 Å². The summed E-state index contributed by atoms with van der Waals surface area (Å²) in [6, 6.07) is 1.89. The SMILES string of the molecule is Cc1cncc(C(=O)N2CCC(OCCBr)CC2)c1.